The smallest absolute Gasteiger partial charge is 0.251 e. The molecular weight excluding hydrogens is 332 g/mol. The summed E-state index contributed by atoms with van der Waals surface area (Å²) in [5.74, 6) is 1.01. The van der Waals surface area contributed by atoms with E-state index >= 15 is 0 Å². The minimum atomic E-state index is -0.483. The molecule has 4 rings (SSSR count). The Morgan fingerprint density at radius 2 is 1.81 bits per heavy atom. The first kappa shape index (κ1) is 17.6. The van der Waals surface area contributed by atoms with Crippen molar-refractivity contribution in [3.8, 4) is 11.5 Å². The van der Waals surface area contributed by atoms with Gasteiger partial charge in [0.2, 0.25) is 5.91 Å². The van der Waals surface area contributed by atoms with Crippen LogP contribution < -0.4 is 14.8 Å². The van der Waals surface area contributed by atoms with Crippen LogP contribution in [0.15, 0.2) is 18.2 Å². The number of carbonyl (C=O) groups is 1. The third kappa shape index (κ3) is 3.81. The average Bonchev–Trinajstić information content (AvgIpc) is 2.91. The van der Waals surface area contributed by atoms with Gasteiger partial charge in [0.15, 0.2) is 11.5 Å². The number of ether oxygens (including phenoxy) is 3. The second-order valence-electron chi connectivity index (χ2n) is 7.84. The van der Waals surface area contributed by atoms with E-state index in [1.54, 1.807) is 0 Å². The molecule has 1 N–H and O–H groups in total. The maximum atomic E-state index is 12.4. The molecule has 6 nitrogen and oxygen atoms in total. The summed E-state index contributed by atoms with van der Waals surface area (Å²) in [5, 5.41) is 2.98. The first-order valence-corrected chi connectivity index (χ1v) is 9.71. The predicted octanol–water partition coefficient (Wildman–Crippen LogP) is 3.17. The van der Waals surface area contributed by atoms with Crippen LogP contribution in [-0.2, 0) is 9.53 Å². The van der Waals surface area contributed by atoms with Crippen LogP contribution in [0.4, 0.5) is 5.69 Å². The summed E-state index contributed by atoms with van der Waals surface area (Å²) in [5.41, 5.74) is 0.750. The zero-order valence-electron chi connectivity index (χ0n) is 15.6. The van der Waals surface area contributed by atoms with E-state index in [1.807, 2.05) is 32.0 Å². The fraction of sp³-hybridized carbons (Fsp3) is 0.650. The maximum Gasteiger partial charge on any atom is 0.251 e. The van der Waals surface area contributed by atoms with E-state index in [0.29, 0.717) is 6.54 Å². The largest absolute Gasteiger partial charge is 0.448 e. The van der Waals surface area contributed by atoms with Crippen LogP contribution in [-0.4, -0.2) is 48.4 Å². The van der Waals surface area contributed by atoms with Crippen LogP contribution in [0.5, 0.6) is 11.5 Å². The summed E-state index contributed by atoms with van der Waals surface area (Å²) in [6, 6.07) is 5.65. The van der Waals surface area contributed by atoms with Crippen LogP contribution >= 0.6 is 0 Å². The van der Waals surface area contributed by atoms with E-state index in [4.69, 9.17) is 14.2 Å². The number of amides is 1. The maximum absolute atomic E-state index is 12.4. The van der Waals surface area contributed by atoms with E-state index < -0.39 is 5.79 Å². The minimum absolute atomic E-state index is 0.0162. The van der Waals surface area contributed by atoms with Gasteiger partial charge in [-0.15, -0.1) is 0 Å². The number of carbonyl (C=O) groups excluding carboxylic acids is 1. The number of morpholine rings is 1. The highest BCUT2D eigenvalue weighted by molar-refractivity contribution is 5.92. The van der Waals surface area contributed by atoms with Crippen molar-refractivity contribution in [2.45, 2.75) is 63.9 Å². The van der Waals surface area contributed by atoms with Crippen molar-refractivity contribution in [1.29, 1.82) is 0 Å². The van der Waals surface area contributed by atoms with Gasteiger partial charge in [-0.25, -0.2) is 0 Å². The first-order chi connectivity index (χ1) is 12.5. The fourth-order valence-corrected chi connectivity index (χ4v) is 4.28. The number of hydrogen-bond acceptors (Lipinski definition) is 5. The Balaban J connectivity index is 1.36. The van der Waals surface area contributed by atoms with Crippen molar-refractivity contribution >= 4 is 11.6 Å². The summed E-state index contributed by atoms with van der Waals surface area (Å²) >= 11 is 0. The van der Waals surface area contributed by atoms with Gasteiger partial charge in [0.25, 0.3) is 5.79 Å². The highest BCUT2D eigenvalue weighted by Gasteiger charge is 2.42. The Hall–Kier alpha value is -1.79. The van der Waals surface area contributed by atoms with Gasteiger partial charge in [-0.2, -0.15) is 0 Å². The molecule has 1 saturated heterocycles. The van der Waals surface area contributed by atoms with E-state index in [2.05, 4.69) is 10.2 Å². The minimum Gasteiger partial charge on any atom is -0.448 e. The molecule has 1 aromatic carbocycles. The molecule has 0 aromatic heterocycles. The second kappa shape index (κ2) is 7.08. The number of benzene rings is 1. The Bertz CT molecular complexity index is 662. The Morgan fingerprint density at radius 1 is 1.12 bits per heavy atom. The van der Waals surface area contributed by atoms with Gasteiger partial charge in [0.05, 0.1) is 18.8 Å². The second-order valence-corrected chi connectivity index (χ2v) is 7.84. The molecule has 26 heavy (non-hydrogen) atoms. The summed E-state index contributed by atoms with van der Waals surface area (Å²) < 4.78 is 17.9. The van der Waals surface area contributed by atoms with E-state index in [1.165, 1.54) is 6.42 Å². The molecule has 2 aliphatic heterocycles. The Labute approximate surface area is 154 Å². The lowest BCUT2D eigenvalue weighted by atomic mass is 9.94. The molecule has 0 radical (unpaired) electrons. The lowest BCUT2D eigenvalue weighted by molar-refractivity contribution is -0.121. The van der Waals surface area contributed by atoms with Crippen molar-refractivity contribution in [3.05, 3.63) is 18.2 Å². The van der Waals surface area contributed by atoms with E-state index in [-0.39, 0.29) is 18.1 Å². The lowest BCUT2D eigenvalue weighted by Gasteiger charge is -2.34. The molecule has 0 bridgehead atoms. The molecule has 3 aliphatic rings. The van der Waals surface area contributed by atoms with Gasteiger partial charge in [-0.05, 0) is 38.8 Å². The first-order valence-electron chi connectivity index (χ1n) is 9.71. The number of nitrogens with zero attached hydrogens (tertiary/aromatic N) is 1. The standard InChI is InChI=1S/C20H28N2O4/c1-14-11-22(12-15(2)24-14)13-19(23)21-16-6-7-17-18(10-16)26-20(25-17)8-4-3-5-9-20/h6-7,10,14-15H,3-5,8-9,11-13H2,1-2H3,(H,21,23)/t14-,15+. The van der Waals surface area contributed by atoms with Crippen LogP contribution in [0.3, 0.4) is 0 Å². The summed E-state index contributed by atoms with van der Waals surface area (Å²) in [6.45, 7) is 6.01. The monoisotopic (exact) mass is 360 g/mol. The molecule has 0 unspecified atom stereocenters. The summed E-state index contributed by atoms with van der Waals surface area (Å²) in [6.07, 6.45) is 5.67. The van der Waals surface area contributed by atoms with Crippen molar-refractivity contribution in [3.63, 3.8) is 0 Å². The molecule has 1 saturated carbocycles. The number of anilines is 1. The zero-order valence-corrected chi connectivity index (χ0v) is 15.6. The Kier molecular flexibility index (Phi) is 4.80. The predicted molar refractivity (Wildman–Crippen MR) is 98.6 cm³/mol. The van der Waals surface area contributed by atoms with Crippen LogP contribution in [0.1, 0.15) is 46.0 Å². The highest BCUT2D eigenvalue weighted by atomic mass is 16.7. The average molecular weight is 360 g/mol. The van der Waals surface area contributed by atoms with Crippen LogP contribution in [0.2, 0.25) is 0 Å². The molecular formula is C20H28N2O4. The number of fused-ring (bicyclic) bond motifs is 1. The van der Waals surface area contributed by atoms with Gasteiger partial charge in [0, 0.05) is 37.7 Å². The van der Waals surface area contributed by atoms with Gasteiger partial charge in [-0.3, -0.25) is 9.69 Å². The van der Waals surface area contributed by atoms with Gasteiger partial charge >= 0.3 is 0 Å². The SMILES string of the molecule is C[C@@H]1CN(CC(=O)Nc2ccc3c(c2)OC2(CCCCC2)O3)C[C@H](C)O1. The Morgan fingerprint density at radius 3 is 2.54 bits per heavy atom. The van der Waals surface area contributed by atoms with Crippen molar-refractivity contribution in [2.75, 3.05) is 25.0 Å². The normalized spacial score (nSPS) is 27.5. The molecule has 6 heteroatoms. The quantitative estimate of drug-likeness (QED) is 0.897. The molecule has 2 atom stereocenters. The van der Waals surface area contributed by atoms with Crippen LogP contribution in [0, 0.1) is 0 Å². The van der Waals surface area contributed by atoms with Crippen molar-refractivity contribution in [1.82, 2.24) is 4.90 Å². The van der Waals surface area contributed by atoms with Crippen LogP contribution in [0.25, 0.3) is 0 Å². The molecule has 142 valence electrons. The molecule has 1 amide bonds. The number of nitrogens with one attached hydrogen (secondary N) is 1. The fourth-order valence-electron chi connectivity index (χ4n) is 4.28. The molecule has 2 heterocycles. The number of hydrogen-bond donors (Lipinski definition) is 1. The summed E-state index contributed by atoms with van der Waals surface area (Å²) in [4.78, 5) is 14.6. The molecule has 1 aliphatic carbocycles. The van der Waals surface area contributed by atoms with E-state index in [0.717, 1.165) is 56.0 Å². The van der Waals surface area contributed by atoms with Gasteiger partial charge in [-0.1, -0.05) is 6.42 Å². The molecule has 1 spiro atoms. The lowest BCUT2D eigenvalue weighted by Crippen LogP contribution is -2.48. The molecule has 2 fully saturated rings. The van der Waals surface area contributed by atoms with Crippen molar-refractivity contribution < 1.29 is 19.0 Å². The highest BCUT2D eigenvalue weighted by Crippen LogP contribution is 2.46. The van der Waals surface area contributed by atoms with Crippen molar-refractivity contribution in [2.24, 2.45) is 0 Å². The third-order valence-electron chi connectivity index (χ3n) is 5.30. The summed E-state index contributed by atoms with van der Waals surface area (Å²) in [7, 11) is 0. The van der Waals surface area contributed by atoms with E-state index in [9.17, 15) is 4.79 Å². The number of rotatable bonds is 3. The van der Waals surface area contributed by atoms with Gasteiger partial charge in [0.1, 0.15) is 0 Å². The zero-order chi connectivity index (χ0) is 18.1. The third-order valence-corrected chi connectivity index (χ3v) is 5.30. The molecule has 1 aromatic rings. The topological polar surface area (TPSA) is 60.0 Å². The van der Waals surface area contributed by atoms with Gasteiger partial charge < -0.3 is 19.5 Å².